The minimum Gasteiger partial charge on any atom is -0.403 e. The van der Waals surface area contributed by atoms with Crippen molar-refractivity contribution >= 4 is 7.82 Å². The van der Waals surface area contributed by atoms with Gasteiger partial charge in [-0.3, -0.25) is 9.79 Å². The Bertz CT molecular complexity index is 886. The molecular formula is C19H17O4P. The number of phosphoric acid groups is 1. The van der Waals surface area contributed by atoms with E-state index in [1.807, 2.05) is 66.7 Å². The molecule has 3 aromatic carbocycles. The van der Waals surface area contributed by atoms with Gasteiger partial charge in [0, 0.05) is 5.56 Å². The minimum absolute atomic E-state index is 0.205. The van der Waals surface area contributed by atoms with Crippen LogP contribution in [0.1, 0.15) is 5.56 Å². The van der Waals surface area contributed by atoms with Gasteiger partial charge < -0.3 is 4.52 Å². The van der Waals surface area contributed by atoms with Crippen molar-refractivity contribution in [3.63, 3.8) is 0 Å². The van der Waals surface area contributed by atoms with Crippen molar-refractivity contribution in [3.8, 4) is 28.0 Å². The van der Waals surface area contributed by atoms with Crippen LogP contribution in [0, 0.1) is 6.92 Å². The molecule has 0 amide bonds. The van der Waals surface area contributed by atoms with E-state index in [1.165, 1.54) is 0 Å². The number of hydrogen-bond donors (Lipinski definition) is 2. The smallest absolute Gasteiger partial charge is 0.403 e. The molecule has 0 fully saturated rings. The molecule has 0 aliphatic heterocycles. The van der Waals surface area contributed by atoms with Crippen LogP contribution in [0.25, 0.3) is 22.3 Å². The van der Waals surface area contributed by atoms with Crippen molar-refractivity contribution < 1.29 is 18.9 Å². The standard InChI is InChI=1S/C19H17O4P/c1-14-12-13-17(15-8-4-2-5-9-15)18(16-10-6-3-7-11-16)19(14)23-24(20,21)22/h2-13H,1H3,(H2,20,21,22). The second-order valence-corrected chi connectivity index (χ2v) is 6.61. The van der Waals surface area contributed by atoms with E-state index < -0.39 is 7.82 Å². The Morgan fingerprint density at radius 3 is 1.88 bits per heavy atom. The van der Waals surface area contributed by atoms with E-state index in [0.29, 0.717) is 11.1 Å². The second-order valence-electron chi connectivity index (χ2n) is 5.45. The van der Waals surface area contributed by atoms with Gasteiger partial charge in [0.25, 0.3) is 0 Å². The molecule has 0 atom stereocenters. The molecule has 122 valence electrons. The van der Waals surface area contributed by atoms with Crippen molar-refractivity contribution in [3.05, 3.63) is 78.4 Å². The zero-order valence-electron chi connectivity index (χ0n) is 13.1. The molecule has 4 nitrogen and oxygen atoms in total. The van der Waals surface area contributed by atoms with Gasteiger partial charge in [-0.05, 0) is 29.2 Å². The third-order valence-electron chi connectivity index (χ3n) is 3.71. The Morgan fingerprint density at radius 1 is 0.792 bits per heavy atom. The normalized spacial score (nSPS) is 11.3. The minimum atomic E-state index is -4.67. The Hall–Kier alpha value is -2.39. The Morgan fingerprint density at radius 2 is 1.33 bits per heavy atom. The van der Waals surface area contributed by atoms with Crippen molar-refractivity contribution in [1.82, 2.24) is 0 Å². The van der Waals surface area contributed by atoms with Crippen molar-refractivity contribution in [2.75, 3.05) is 0 Å². The van der Waals surface area contributed by atoms with Gasteiger partial charge in [-0.1, -0.05) is 72.8 Å². The van der Waals surface area contributed by atoms with Crippen LogP contribution < -0.4 is 4.52 Å². The largest absolute Gasteiger partial charge is 0.524 e. The first-order valence-electron chi connectivity index (χ1n) is 7.45. The predicted octanol–water partition coefficient (Wildman–Crippen LogP) is 4.80. The molecule has 0 aliphatic carbocycles. The van der Waals surface area contributed by atoms with Gasteiger partial charge in [0.15, 0.2) is 0 Å². The maximum atomic E-state index is 11.5. The van der Waals surface area contributed by atoms with Crippen molar-refractivity contribution in [1.29, 1.82) is 0 Å². The van der Waals surface area contributed by atoms with E-state index >= 15 is 0 Å². The average Bonchev–Trinajstić information content (AvgIpc) is 2.57. The molecule has 0 heterocycles. The highest BCUT2D eigenvalue weighted by atomic mass is 31.2. The molecule has 0 saturated carbocycles. The topological polar surface area (TPSA) is 66.8 Å². The van der Waals surface area contributed by atoms with Crippen molar-refractivity contribution in [2.45, 2.75) is 6.92 Å². The summed E-state index contributed by atoms with van der Waals surface area (Å²) in [5.74, 6) is 0.205. The van der Waals surface area contributed by atoms with Crippen LogP contribution >= 0.6 is 7.82 Å². The molecule has 0 radical (unpaired) electrons. The molecular weight excluding hydrogens is 323 g/mol. The fourth-order valence-corrected chi connectivity index (χ4v) is 3.15. The van der Waals surface area contributed by atoms with E-state index in [4.69, 9.17) is 4.52 Å². The van der Waals surface area contributed by atoms with Gasteiger partial charge in [0.1, 0.15) is 5.75 Å². The molecule has 0 bridgehead atoms. The molecule has 0 saturated heterocycles. The lowest BCUT2D eigenvalue weighted by Gasteiger charge is -2.18. The zero-order chi connectivity index (χ0) is 17.2. The van der Waals surface area contributed by atoms with E-state index in [9.17, 15) is 14.4 Å². The Kier molecular flexibility index (Phi) is 4.54. The number of aryl methyl sites for hydroxylation is 1. The average molecular weight is 340 g/mol. The summed E-state index contributed by atoms with van der Waals surface area (Å²) in [5.41, 5.74) is 3.98. The van der Waals surface area contributed by atoms with Crippen LogP contribution in [0.15, 0.2) is 72.8 Å². The number of benzene rings is 3. The maximum Gasteiger partial charge on any atom is 0.524 e. The van der Waals surface area contributed by atoms with Gasteiger partial charge in [-0.15, -0.1) is 0 Å². The first-order valence-corrected chi connectivity index (χ1v) is 8.98. The fraction of sp³-hybridized carbons (Fsp3) is 0.0526. The summed E-state index contributed by atoms with van der Waals surface area (Å²) in [7, 11) is -4.67. The Labute approximate surface area is 140 Å². The van der Waals surface area contributed by atoms with Crippen molar-refractivity contribution in [2.24, 2.45) is 0 Å². The summed E-state index contributed by atoms with van der Waals surface area (Å²) >= 11 is 0. The highest BCUT2D eigenvalue weighted by Crippen LogP contribution is 2.47. The van der Waals surface area contributed by atoms with E-state index in [0.717, 1.165) is 16.7 Å². The summed E-state index contributed by atoms with van der Waals surface area (Å²) in [5, 5.41) is 0. The third-order valence-corrected chi connectivity index (χ3v) is 4.13. The molecule has 5 heteroatoms. The van der Waals surface area contributed by atoms with E-state index in [-0.39, 0.29) is 5.75 Å². The lowest BCUT2D eigenvalue weighted by molar-refractivity contribution is 0.283. The lowest BCUT2D eigenvalue weighted by Crippen LogP contribution is -1.97. The highest BCUT2D eigenvalue weighted by Gasteiger charge is 2.23. The van der Waals surface area contributed by atoms with E-state index in [1.54, 1.807) is 13.0 Å². The first kappa shape index (κ1) is 16.5. The van der Waals surface area contributed by atoms with Crippen LogP contribution in [-0.2, 0) is 4.57 Å². The first-order chi connectivity index (χ1) is 11.5. The van der Waals surface area contributed by atoms with Crippen LogP contribution in [0.4, 0.5) is 0 Å². The maximum absolute atomic E-state index is 11.5. The molecule has 0 unspecified atom stereocenters. The summed E-state index contributed by atoms with van der Waals surface area (Å²) in [6.07, 6.45) is 0. The van der Waals surface area contributed by atoms with Gasteiger partial charge >= 0.3 is 7.82 Å². The zero-order valence-corrected chi connectivity index (χ0v) is 14.0. The lowest BCUT2D eigenvalue weighted by atomic mass is 9.92. The molecule has 0 aliphatic rings. The molecule has 2 N–H and O–H groups in total. The SMILES string of the molecule is Cc1ccc(-c2ccccc2)c(-c2ccccc2)c1OP(=O)(O)O. The summed E-state index contributed by atoms with van der Waals surface area (Å²) < 4.78 is 16.5. The second kappa shape index (κ2) is 6.62. The number of phosphoric ester groups is 1. The molecule has 0 spiro atoms. The fourth-order valence-electron chi connectivity index (χ4n) is 2.67. The molecule has 3 aromatic rings. The summed E-state index contributed by atoms with van der Waals surface area (Å²) in [6.45, 7) is 1.77. The third kappa shape index (κ3) is 3.57. The summed E-state index contributed by atoms with van der Waals surface area (Å²) in [6, 6.07) is 22.9. The summed E-state index contributed by atoms with van der Waals surface area (Å²) in [4.78, 5) is 18.6. The highest BCUT2D eigenvalue weighted by molar-refractivity contribution is 7.46. The van der Waals surface area contributed by atoms with Crippen LogP contribution in [0.2, 0.25) is 0 Å². The number of rotatable bonds is 4. The quantitative estimate of drug-likeness (QED) is 0.670. The van der Waals surface area contributed by atoms with E-state index in [2.05, 4.69) is 0 Å². The predicted molar refractivity (Wildman–Crippen MR) is 94.7 cm³/mol. The monoisotopic (exact) mass is 340 g/mol. The van der Waals surface area contributed by atoms with Crippen LogP contribution in [-0.4, -0.2) is 9.79 Å². The van der Waals surface area contributed by atoms with Crippen LogP contribution in [0.3, 0.4) is 0 Å². The Balaban J connectivity index is 2.31. The van der Waals surface area contributed by atoms with Crippen LogP contribution in [0.5, 0.6) is 5.75 Å². The van der Waals surface area contributed by atoms with Gasteiger partial charge in [-0.2, -0.15) is 0 Å². The molecule has 3 rings (SSSR count). The van der Waals surface area contributed by atoms with Gasteiger partial charge in [0.05, 0.1) is 0 Å². The molecule has 0 aromatic heterocycles. The number of hydrogen-bond acceptors (Lipinski definition) is 2. The molecule has 24 heavy (non-hydrogen) atoms. The van der Waals surface area contributed by atoms with Gasteiger partial charge in [-0.25, -0.2) is 4.57 Å². The van der Waals surface area contributed by atoms with Gasteiger partial charge in [0.2, 0.25) is 0 Å².